The molecule has 13 heavy (non-hydrogen) atoms. The summed E-state index contributed by atoms with van der Waals surface area (Å²) in [7, 11) is 0. The first-order valence-corrected chi connectivity index (χ1v) is 5.68. The summed E-state index contributed by atoms with van der Waals surface area (Å²) in [6.07, 6.45) is 5.90. The van der Waals surface area contributed by atoms with Crippen LogP contribution in [0, 0.1) is 5.92 Å². The van der Waals surface area contributed by atoms with Crippen molar-refractivity contribution in [3.63, 3.8) is 0 Å². The summed E-state index contributed by atoms with van der Waals surface area (Å²) in [4.78, 5) is 2.59. The minimum absolute atomic E-state index is 0.547. The predicted molar refractivity (Wildman–Crippen MR) is 53.8 cm³/mol. The largest absolute Gasteiger partial charge is 0.377 e. The molecule has 0 aromatic rings. The fraction of sp³-hybridized carbons (Fsp3) is 1.00. The average Bonchev–Trinajstić information content (AvgIpc) is 2.57. The lowest BCUT2D eigenvalue weighted by Crippen LogP contribution is -2.39. The molecule has 0 aliphatic carbocycles. The third kappa shape index (κ3) is 2.68. The van der Waals surface area contributed by atoms with Gasteiger partial charge >= 0.3 is 0 Å². The second-order valence-corrected chi connectivity index (χ2v) is 4.64. The second kappa shape index (κ2) is 4.43. The Hall–Kier alpha value is -0.0800. The lowest BCUT2D eigenvalue weighted by Gasteiger charge is -2.32. The summed E-state index contributed by atoms with van der Waals surface area (Å²) in [6, 6.07) is 0. The quantitative estimate of drug-likeness (QED) is 0.648. The molecule has 2 atom stereocenters. The van der Waals surface area contributed by atoms with Gasteiger partial charge < -0.3 is 9.64 Å². The zero-order chi connectivity index (χ0) is 9.10. The van der Waals surface area contributed by atoms with Gasteiger partial charge in [-0.25, -0.2) is 0 Å². The van der Waals surface area contributed by atoms with Gasteiger partial charge in [0.1, 0.15) is 0 Å². The van der Waals surface area contributed by atoms with E-state index in [2.05, 4.69) is 11.8 Å². The first-order valence-electron chi connectivity index (χ1n) is 5.68. The van der Waals surface area contributed by atoms with Gasteiger partial charge in [-0.05, 0) is 38.1 Å². The summed E-state index contributed by atoms with van der Waals surface area (Å²) in [6.45, 7) is 7.13. The molecule has 76 valence electrons. The van der Waals surface area contributed by atoms with Crippen LogP contribution in [0.3, 0.4) is 0 Å². The monoisotopic (exact) mass is 183 g/mol. The van der Waals surface area contributed by atoms with Gasteiger partial charge in [0, 0.05) is 19.7 Å². The molecule has 2 aliphatic heterocycles. The highest BCUT2D eigenvalue weighted by atomic mass is 16.5. The van der Waals surface area contributed by atoms with Crippen LogP contribution in [0.1, 0.15) is 32.6 Å². The van der Waals surface area contributed by atoms with E-state index in [1.807, 2.05) is 0 Å². The van der Waals surface area contributed by atoms with Gasteiger partial charge in [0.2, 0.25) is 0 Å². The average molecular weight is 183 g/mol. The van der Waals surface area contributed by atoms with Gasteiger partial charge in [-0.3, -0.25) is 0 Å². The molecule has 0 radical (unpaired) electrons. The third-order valence-electron chi connectivity index (χ3n) is 3.23. The minimum Gasteiger partial charge on any atom is -0.377 e. The van der Waals surface area contributed by atoms with Gasteiger partial charge in [0.25, 0.3) is 0 Å². The summed E-state index contributed by atoms with van der Waals surface area (Å²) in [5.41, 5.74) is 0. The van der Waals surface area contributed by atoms with E-state index in [0.29, 0.717) is 6.10 Å². The molecule has 0 saturated carbocycles. The number of hydrogen-bond acceptors (Lipinski definition) is 2. The molecule has 2 aliphatic rings. The number of likely N-dealkylation sites (tertiary alicyclic amines) is 1. The van der Waals surface area contributed by atoms with Gasteiger partial charge in [-0.2, -0.15) is 0 Å². The molecular weight excluding hydrogens is 162 g/mol. The van der Waals surface area contributed by atoms with Crippen LogP contribution in [0.4, 0.5) is 0 Å². The van der Waals surface area contributed by atoms with Crippen LogP contribution in [0.25, 0.3) is 0 Å². The van der Waals surface area contributed by atoms with Crippen molar-refractivity contribution in [1.29, 1.82) is 0 Å². The number of hydrogen-bond donors (Lipinski definition) is 0. The van der Waals surface area contributed by atoms with Crippen molar-refractivity contribution >= 4 is 0 Å². The maximum atomic E-state index is 5.65. The van der Waals surface area contributed by atoms with Crippen molar-refractivity contribution in [2.75, 3.05) is 26.2 Å². The number of ether oxygens (including phenoxy) is 1. The van der Waals surface area contributed by atoms with E-state index in [0.717, 1.165) is 12.5 Å². The van der Waals surface area contributed by atoms with Gasteiger partial charge in [0.15, 0.2) is 0 Å². The highest BCUT2D eigenvalue weighted by Crippen LogP contribution is 2.19. The highest BCUT2D eigenvalue weighted by Gasteiger charge is 2.22. The van der Waals surface area contributed by atoms with Gasteiger partial charge in [0.05, 0.1) is 6.10 Å². The second-order valence-electron chi connectivity index (χ2n) is 4.64. The zero-order valence-electron chi connectivity index (χ0n) is 8.67. The molecule has 2 fully saturated rings. The zero-order valence-corrected chi connectivity index (χ0v) is 8.67. The van der Waals surface area contributed by atoms with E-state index in [-0.39, 0.29) is 0 Å². The number of piperidine rings is 1. The summed E-state index contributed by atoms with van der Waals surface area (Å²) < 4.78 is 5.65. The molecule has 0 aromatic carbocycles. The SMILES string of the molecule is C[C@@H]1CCCN(CC2CCCO2)C1. The Balaban J connectivity index is 1.73. The van der Waals surface area contributed by atoms with Crippen molar-refractivity contribution in [2.45, 2.75) is 38.7 Å². The van der Waals surface area contributed by atoms with E-state index >= 15 is 0 Å². The van der Waals surface area contributed by atoms with Crippen LogP contribution in [0.15, 0.2) is 0 Å². The maximum absolute atomic E-state index is 5.65. The van der Waals surface area contributed by atoms with E-state index < -0.39 is 0 Å². The molecule has 1 unspecified atom stereocenters. The van der Waals surface area contributed by atoms with E-state index in [4.69, 9.17) is 4.74 Å². The van der Waals surface area contributed by atoms with Crippen molar-refractivity contribution in [2.24, 2.45) is 5.92 Å². The van der Waals surface area contributed by atoms with Crippen molar-refractivity contribution in [3.8, 4) is 0 Å². The molecule has 0 N–H and O–H groups in total. The van der Waals surface area contributed by atoms with Crippen LogP contribution in [0.5, 0.6) is 0 Å². The molecule has 2 rings (SSSR count). The smallest absolute Gasteiger partial charge is 0.0702 e. The minimum atomic E-state index is 0.547. The summed E-state index contributed by atoms with van der Waals surface area (Å²) in [5, 5.41) is 0. The fourth-order valence-electron chi connectivity index (χ4n) is 2.53. The molecule has 2 heterocycles. The van der Waals surface area contributed by atoms with Crippen LogP contribution >= 0.6 is 0 Å². The Labute approximate surface area is 81.3 Å². The van der Waals surface area contributed by atoms with Crippen LogP contribution in [-0.4, -0.2) is 37.2 Å². The Morgan fingerprint density at radius 1 is 1.31 bits per heavy atom. The first-order chi connectivity index (χ1) is 6.34. The first kappa shape index (κ1) is 9.47. The van der Waals surface area contributed by atoms with Crippen molar-refractivity contribution < 1.29 is 4.74 Å². The van der Waals surface area contributed by atoms with Crippen LogP contribution < -0.4 is 0 Å². The Morgan fingerprint density at radius 2 is 2.23 bits per heavy atom. The standard InChI is InChI=1S/C11H21NO/c1-10-4-2-6-12(8-10)9-11-5-3-7-13-11/h10-11H,2-9H2,1H3/t10-,11?/m1/s1. The molecule has 2 nitrogen and oxygen atoms in total. The highest BCUT2D eigenvalue weighted by molar-refractivity contribution is 4.75. The normalized spacial score (nSPS) is 36.7. The Morgan fingerprint density at radius 3 is 2.92 bits per heavy atom. The lowest BCUT2D eigenvalue weighted by atomic mass is 10.00. The molecule has 0 bridgehead atoms. The molecular formula is C11H21NO. The maximum Gasteiger partial charge on any atom is 0.0702 e. The van der Waals surface area contributed by atoms with Crippen molar-refractivity contribution in [1.82, 2.24) is 4.90 Å². The van der Waals surface area contributed by atoms with E-state index in [1.165, 1.54) is 45.3 Å². The molecule has 0 spiro atoms. The molecule has 2 saturated heterocycles. The molecule has 0 amide bonds. The topological polar surface area (TPSA) is 12.5 Å². The summed E-state index contributed by atoms with van der Waals surface area (Å²) in [5.74, 6) is 0.898. The Kier molecular flexibility index (Phi) is 3.23. The number of nitrogens with zero attached hydrogens (tertiary/aromatic N) is 1. The predicted octanol–water partition coefficient (Wildman–Crippen LogP) is 1.90. The third-order valence-corrected chi connectivity index (χ3v) is 3.23. The van der Waals surface area contributed by atoms with Crippen LogP contribution in [0.2, 0.25) is 0 Å². The molecule has 0 aromatic heterocycles. The lowest BCUT2D eigenvalue weighted by molar-refractivity contribution is 0.0585. The number of rotatable bonds is 2. The van der Waals surface area contributed by atoms with Gasteiger partial charge in [-0.1, -0.05) is 6.92 Å². The van der Waals surface area contributed by atoms with Crippen molar-refractivity contribution in [3.05, 3.63) is 0 Å². The Bertz CT molecular complexity index is 154. The van der Waals surface area contributed by atoms with Gasteiger partial charge in [-0.15, -0.1) is 0 Å². The van der Waals surface area contributed by atoms with E-state index in [9.17, 15) is 0 Å². The van der Waals surface area contributed by atoms with Crippen LogP contribution in [-0.2, 0) is 4.74 Å². The molecule has 2 heteroatoms. The fourth-order valence-corrected chi connectivity index (χ4v) is 2.53. The van der Waals surface area contributed by atoms with E-state index in [1.54, 1.807) is 0 Å². The summed E-state index contributed by atoms with van der Waals surface area (Å²) >= 11 is 0.